The highest BCUT2D eigenvalue weighted by atomic mass is 79.9. The summed E-state index contributed by atoms with van der Waals surface area (Å²) in [4.78, 5) is 20.2. The van der Waals surface area contributed by atoms with E-state index in [9.17, 15) is 4.79 Å². The van der Waals surface area contributed by atoms with Crippen LogP contribution in [0.5, 0.6) is 0 Å². The van der Waals surface area contributed by atoms with Gasteiger partial charge in [0.2, 0.25) is 5.91 Å². The summed E-state index contributed by atoms with van der Waals surface area (Å²) in [6.07, 6.45) is 2.82. The van der Waals surface area contributed by atoms with Gasteiger partial charge in [-0.25, -0.2) is 4.98 Å². The third-order valence-electron chi connectivity index (χ3n) is 6.49. The van der Waals surface area contributed by atoms with E-state index >= 15 is 0 Å². The average molecular weight is 517 g/mol. The molecule has 0 unspecified atom stereocenters. The van der Waals surface area contributed by atoms with E-state index in [0.717, 1.165) is 65.9 Å². The zero-order valence-corrected chi connectivity index (χ0v) is 20.7. The standard InChI is InChI=1S/C28H29BrN4O/c29-23-11-6-12-24(18-23)33-26-14-5-4-13-25(26)31-27(33)20-32-17-7-10-22(19-32)28(34)30-16-15-21-8-2-1-3-9-21/h1-6,8-9,11-14,18,22H,7,10,15-17,19-20H2,(H,30,34)/t22-/m1/s1. The fraction of sp³-hybridized carbons (Fsp3) is 0.286. The van der Waals surface area contributed by atoms with Crippen molar-refractivity contribution in [3.8, 4) is 5.69 Å². The highest BCUT2D eigenvalue weighted by Crippen LogP contribution is 2.26. The third-order valence-corrected chi connectivity index (χ3v) is 6.99. The van der Waals surface area contributed by atoms with Crippen LogP contribution < -0.4 is 5.32 Å². The number of imidazole rings is 1. The number of aromatic nitrogens is 2. The van der Waals surface area contributed by atoms with Gasteiger partial charge in [-0.05, 0) is 61.7 Å². The molecule has 0 saturated carbocycles. The maximum Gasteiger partial charge on any atom is 0.224 e. The number of para-hydroxylation sites is 2. The van der Waals surface area contributed by atoms with E-state index in [4.69, 9.17) is 4.98 Å². The largest absolute Gasteiger partial charge is 0.355 e. The number of hydrogen-bond donors (Lipinski definition) is 1. The first-order chi connectivity index (χ1) is 16.7. The normalized spacial score (nSPS) is 16.6. The van der Waals surface area contributed by atoms with Crippen LogP contribution in [0.4, 0.5) is 0 Å². The van der Waals surface area contributed by atoms with Crippen molar-refractivity contribution in [2.75, 3.05) is 19.6 Å². The van der Waals surface area contributed by atoms with Crippen LogP contribution in [-0.4, -0.2) is 40.0 Å². The number of carbonyl (C=O) groups excluding carboxylic acids is 1. The highest BCUT2D eigenvalue weighted by molar-refractivity contribution is 9.10. The van der Waals surface area contributed by atoms with E-state index in [2.05, 4.69) is 79.2 Å². The van der Waals surface area contributed by atoms with Crippen molar-refractivity contribution in [2.45, 2.75) is 25.8 Å². The summed E-state index contributed by atoms with van der Waals surface area (Å²) >= 11 is 3.61. The minimum atomic E-state index is 0.0215. The van der Waals surface area contributed by atoms with Gasteiger partial charge in [-0.3, -0.25) is 14.3 Å². The molecule has 1 N–H and O–H groups in total. The Hall–Kier alpha value is -2.96. The van der Waals surface area contributed by atoms with E-state index in [0.29, 0.717) is 6.54 Å². The first kappa shape index (κ1) is 22.8. The number of benzene rings is 3. The Morgan fingerprint density at radius 2 is 1.85 bits per heavy atom. The number of fused-ring (bicyclic) bond motifs is 1. The quantitative estimate of drug-likeness (QED) is 0.359. The van der Waals surface area contributed by atoms with Crippen LogP contribution in [0.1, 0.15) is 24.2 Å². The van der Waals surface area contributed by atoms with Crippen molar-refractivity contribution >= 4 is 32.9 Å². The summed E-state index contributed by atoms with van der Waals surface area (Å²) in [7, 11) is 0. The van der Waals surface area contributed by atoms with Crippen LogP contribution in [0, 0.1) is 5.92 Å². The molecule has 34 heavy (non-hydrogen) atoms. The second-order valence-corrected chi connectivity index (χ2v) is 9.85. The van der Waals surface area contributed by atoms with E-state index in [-0.39, 0.29) is 11.8 Å². The topological polar surface area (TPSA) is 50.2 Å². The lowest BCUT2D eigenvalue weighted by molar-refractivity contribution is -0.126. The van der Waals surface area contributed by atoms with Crippen molar-refractivity contribution in [2.24, 2.45) is 5.92 Å². The lowest BCUT2D eigenvalue weighted by atomic mass is 9.97. The SMILES string of the molecule is O=C(NCCc1ccccc1)[C@@H]1CCCN(Cc2nc3ccccc3n2-c2cccc(Br)c2)C1. The van der Waals surface area contributed by atoms with Crippen LogP contribution in [0.25, 0.3) is 16.7 Å². The number of carbonyl (C=O) groups is 1. The number of amides is 1. The van der Waals surface area contributed by atoms with Gasteiger partial charge in [-0.2, -0.15) is 0 Å². The van der Waals surface area contributed by atoms with Crippen LogP contribution in [-0.2, 0) is 17.8 Å². The number of nitrogens with one attached hydrogen (secondary N) is 1. The van der Waals surface area contributed by atoms with Gasteiger partial charge in [-0.15, -0.1) is 0 Å². The lowest BCUT2D eigenvalue weighted by Crippen LogP contribution is -2.43. The zero-order valence-electron chi connectivity index (χ0n) is 19.2. The molecule has 0 bridgehead atoms. The summed E-state index contributed by atoms with van der Waals surface area (Å²) in [5, 5.41) is 3.16. The Balaban J connectivity index is 1.28. The molecule has 1 aromatic heterocycles. The number of nitrogens with zero attached hydrogens (tertiary/aromatic N) is 3. The molecule has 1 aliphatic heterocycles. The highest BCUT2D eigenvalue weighted by Gasteiger charge is 2.27. The second-order valence-electron chi connectivity index (χ2n) is 8.93. The molecular weight excluding hydrogens is 488 g/mol. The molecule has 0 aliphatic carbocycles. The molecule has 1 saturated heterocycles. The van der Waals surface area contributed by atoms with Crippen LogP contribution in [0.2, 0.25) is 0 Å². The Morgan fingerprint density at radius 3 is 2.71 bits per heavy atom. The smallest absolute Gasteiger partial charge is 0.224 e. The maximum absolute atomic E-state index is 12.9. The predicted molar refractivity (Wildman–Crippen MR) is 140 cm³/mol. The van der Waals surface area contributed by atoms with Gasteiger partial charge in [0, 0.05) is 23.2 Å². The molecule has 1 fully saturated rings. The molecule has 0 radical (unpaired) electrons. The molecule has 1 amide bonds. The van der Waals surface area contributed by atoms with Crippen molar-refractivity contribution in [1.29, 1.82) is 0 Å². The Kier molecular flexibility index (Phi) is 7.07. The Morgan fingerprint density at radius 1 is 1.03 bits per heavy atom. The molecule has 5 rings (SSSR count). The summed E-state index contributed by atoms with van der Waals surface area (Å²) in [6.45, 7) is 3.14. The minimum Gasteiger partial charge on any atom is -0.355 e. The number of piperidine rings is 1. The van der Waals surface area contributed by atoms with Gasteiger partial charge < -0.3 is 5.32 Å². The molecule has 1 atom stereocenters. The van der Waals surface area contributed by atoms with Gasteiger partial charge in [0.05, 0.1) is 23.5 Å². The van der Waals surface area contributed by atoms with Crippen molar-refractivity contribution < 1.29 is 4.79 Å². The first-order valence-corrected chi connectivity index (χ1v) is 12.7. The van der Waals surface area contributed by atoms with Gasteiger partial charge in [0.25, 0.3) is 0 Å². The second kappa shape index (κ2) is 10.5. The Bertz CT molecular complexity index is 1270. The van der Waals surface area contributed by atoms with Crippen molar-refractivity contribution in [3.05, 3.63) is 94.7 Å². The number of halogens is 1. The number of rotatable bonds is 7. The third kappa shape index (κ3) is 5.24. The molecule has 174 valence electrons. The van der Waals surface area contributed by atoms with E-state index < -0.39 is 0 Å². The molecule has 5 nitrogen and oxygen atoms in total. The first-order valence-electron chi connectivity index (χ1n) is 11.9. The predicted octanol–water partition coefficient (Wildman–Crippen LogP) is 5.36. The van der Waals surface area contributed by atoms with Gasteiger partial charge in [0.15, 0.2) is 0 Å². The fourth-order valence-corrected chi connectivity index (χ4v) is 5.20. The lowest BCUT2D eigenvalue weighted by Gasteiger charge is -2.31. The summed E-state index contributed by atoms with van der Waals surface area (Å²) in [5.74, 6) is 1.19. The van der Waals surface area contributed by atoms with Crippen LogP contribution >= 0.6 is 15.9 Å². The van der Waals surface area contributed by atoms with E-state index in [1.165, 1.54) is 5.56 Å². The van der Waals surface area contributed by atoms with Crippen molar-refractivity contribution in [1.82, 2.24) is 19.8 Å². The van der Waals surface area contributed by atoms with Gasteiger partial charge in [0.1, 0.15) is 5.82 Å². The molecule has 6 heteroatoms. The van der Waals surface area contributed by atoms with Crippen molar-refractivity contribution in [3.63, 3.8) is 0 Å². The number of hydrogen-bond acceptors (Lipinski definition) is 3. The van der Waals surface area contributed by atoms with E-state index in [1.54, 1.807) is 0 Å². The molecule has 0 spiro atoms. The van der Waals surface area contributed by atoms with E-state index in [1.807, 2.05) is 30.3 Å². The molecular formula is C28H29BrN4O. The molecule has 2 heterocycles. The molecule has 1 aliphatic rings. The maximum atomic E-state index is 12.9. The summed E-state index contributed by atoms with van der Waals surface area (Å²) in [6, 6.07) is 26.9. The Labute approximate surface area is 208 Å². The summed E-state index contributed by atoms with van der Waals surface area (Å²) in [5.41, 5.74) is 4.43. The average Bonchev–Trinajstić information content (AvgIpc) is 3.22. The minimum absolute atomic E-state index is 0.0215. The van der Waals surface area contributed by atoms with Gasteiger partial charge >= 0.3 is 0 Å². The zero-order chi connectivity index (χ0) is 23.3. The summed E-state index contributed by atoms with van der Waals surface area (Å²) < 4.78 is 3.28. The molecule has 4 aromatic rings. The fourth-order valence-electron chi connectivity index (χ4n) is 4.82. The molecule has 3 aromatic carbocycles. The monoisotopic (exact) mass is 516 g/mol. The van der Waals surface area contributed by atoms with Crippen LogP contribution in [0.3, 0.4) is 0 Å². The van der Waals surface area contributed by atoms with Gasteiger partial charge in [-0.1, -0.05) is 64.5 Å². The van der Waals surface area contributed by atoms with Crippen LogP contribution in [0.15, 0.2) is 83.3 Å². The number of likely N-dealkylation sites (tertiary alicyclic amines) is 1.